The van der Waals surface area contributed by atoms with Crippen LogP contribution in [-0.2, 0) is 101 Å². The molecule has 0 bridgehead atoms. The molecule has 0 saturated carbocycles. The molecule has 0 spiro atoms. The van der Waals surface area contributed by atoms with Gasteiger partial charge in [-0.2, -0.15) is 0 Å². The monoisotopic (exact) mass is 1840 g/mol. The van der Waals surface area contributed by atoms with E-state index in [-0.39, 0.29) is 94.2 Å². The number of likely N-dealkylation sites (N-methyl/N-ethyl adjacent to an activating group) is 3. The summed E-state index contributed by atoms with van der Waals surface area (Å²) in [7, 11) is 4.48. The van der Waals surface area contributed by atoms with Crippen LogP contribution < -0.4 is 75.7 Å². The number of H-pyrrole nitrogens is 2. The number of aliphatic carboxylic acids is 1. The Balaban J connectivity index is 1.18. The first-order valence-corrected chi connectivity index (χ1v) is 45.2. The van der Waals surface area contributed by atoms with Crippen molar-refractivity contribution in [3.05, 3.63) is 120 Å². The molecule has 43 heteroatoms. The quantitative estimate of drug-likeness (QED) is 0.0335. The molecule has 16 atom stereocenters. The molecule has 16 amide bonds. The van der Waals surface area contributed by atoms with E-state index in [2.05, 4.69) is 80.0 Å². The number of imidazole rings is 1. The second-order valence-corrected chi connectivity index (χ2v) is 34.7. The fraction of sp³-hybridized carbons (Fsp3) is 0.545. The lowest BCUT2D eigenvalue weighted by molar-refractivity contribution is -0.145. The second kappa shape index (κ2) is 49.9. The maximum atomic E-state index is 15.7. The van der Waals surface area contributed by atoms with Gasteiger partial charge in [-0.3, -0.25) is 86.4 Å². The number of aromatic amines is 2. The van der Waals surface area contributed by atoms with Crippen molar-refractivity contribution in [3.8, 4) is 5.75 Å². The summed E-state index contributed by atoms with van der Waals surface area (Å²) in [5.74, 6) is -17.2. The molecule has 0 radical (unpaired) electrons. The number of aromatic nitrogens is 3. The van der Waals surface area contributed by atoms with E-state index in [0.717, 1.165) is 31.8 Å². The van der Waals surface area contributed by atoms with Crippen molar-refractivity contribution < 1.29 is 96.8 Å². The van der Waals surface area contributed by atoms with Gasteiger partial charge in [-0.05, 0) is 113 Å². The highest BCUT2D eigenvalue weighted by atomic mass is 32.2. The lowest BCUT2D eigenvalue weighted by Crippen LogP contribution is -2.61. The summed E-state index contributed by atoms with van der Waals surface area (Å²) in [6.45, 7) is 11.0. The van der Waals surface area contributed by atoms with Gasteiger partial charge in [0.15, 0.2) is 0 Å². The zero-order valence-electron chi connectivity index (χ0n) is 75.1. The van der Waals surface area contributed by atoms with Crippen molar-refractivity contribution in [1.82, 2.24) is 97.9 Å². The number of amides is 16. The van der Waals surface area contributed by atoms with Gasteiger partial charge in [0.1, 0.15) is 78.3 Å². The first kappa shape index (κ1) is 104. The molecule has 3 fully saturated rings. The molecular weight excluding hydrogens is 1720 g/mol. The highest BCUT2D eigenvalue weighted by Gasteiger charge is 2.46. The molecule has 714 valence electrons. The fourth-order valence-corrected chi connectivity index (χ4v) is 16.8. The predicted octanol–water partition coefficient (Wildman–Crippen LogP) is -2.87. The second-order valence-electron chi connectivity index (χ2n) is 33.6. The highest BCUT2D eigenvalue weighted by Crippen LogP contribution is 2.28. The number of fused-ring (bicyclic) bond motifs is 3. The van der Waals surface area contributed by atoms with Crippen LogP contribution in [-0.4, -0.2) is 317 Å². The number of carbonyl (C=O) groups is 17. The van der Waals surface area contributed by atoms with Gasteiger partial charge in [-0.15, -0.1) is 11.8 Å². The van der Waals surface area contributed by atoms with Crippen LogP contribution in [0.15, 0.2) is 103 Å². The van der Waals surface area contributed by atoms with Crippen LogP contribution in [0.5, 0.6) is 5.75 Å². The third-order valence-electron chi connectivity index (χ3n) is 23.6. The van der Waals surface area contributed by atoms with Gasteiger partial charge in [0, 0.05) is 125 Å². The Hall–Kier alpha value is -12.8. The van der Waals surface area contributed by atoms with E-state index >= 15 is 28.8 Å². The number of carboxylic acids is 1. The number of para-hydroxylation sites is 1. The van der Waals surface area contributed by atoms with Crippen molar-refractivity contribution in [3.63, 3.8) is 0 Å². The first-order valence-electron chi connectivity index (χ1n) is 44.0. The van der Waals surface area contributed by atoms with Gasteiger partial charge in [0.2, 0.25) is 94.5 Å². The summed E-state index contributed by atoms with van der Waals surface area (Å²) in [5, 5.41) is 62.1. The van der Waals surface area contributed by atoms with Gasteiger partial charge >= 0.3 is 5.97 Å². The van der Waals surface area contributed by atoms with Crippen molar-refractivity contribution >= 4 is 123 Å². The van der Waals surface area contributed by atoms with Crippen LogP contribution in [0.4, 0.5) is 0 Å². The zero-order chi connectivity index (χ0) is 96.0. The number of hydrogen-bond acceptors (Lipinski definition) is 24. The number of thioether (sulfide) groups is 1. The van der Waals surface area contributed by atoms with E-state index in [1.807, 2.05) is 39.0 Å². The largest absolute Gasteiger partial charge is 0.508 e. The minimum absolute atomic E-state index is 0.0564. The smallest absolute Gasteiger partial charge is 0.303 e. The maximum Gasteiger partial charge on any atom is 0.303 e. The van der Waals surface area contributed by atoms with Gasteiger partial charge in [0.05, 0.1) is 37.2 Å². The van der Waals surface area contributed by atoms with Crippen LogP contribution >= 0.6 is 11.8 Å². The van der Waals surface area contributed by atoms with E-state index in [0.29, 0.717) is 59.9 Å². The zero-order valence-corrected chi connectivity index (χ0v) is 75.9. The molecule has 1 unspecified atom stereocenters. The maximum absolute atomic E-state index is 15.7. The average molecular weight is 1840 g/mol. The van der Waals surface area contributed by atoms with Crippen LogP contribution in [0.1, 0.15) is 141 Å². The third-order valence-corrected chi connectivity index (χ3v) is 24.6. The topological polar surface area (TPSA) is 622 Å². The molecule has 4 aliphatic rings. The number of primary amides is 2. The summed E-state index contributed by atoms with van der Waals surface area (Å²) < 4.78 is 0. The summed E-state index contributed by atoms with van der Waals surface area (Å²) in [6.07, 6.45) is 7.03. The van der Waals surface area contributed by atoms with Crippen molar-refractivity contribution in [1.29, 1.82) is 0 Å². The van der Waals surface area contributed by atoms with E-state index in [4.69, 9.17) is 17.2 Å². The molecule has 42 nitrogen and oxygen atoms in total. The Morgan fingerprint density at radius 1 is 0.626 bits per heavy atom. The molecule has 2 aromatic carbocycles. The molecule has 22 N–H and O–H groups in total. The van der Waals surface area contributed by atoms with Crippen molar-refractivity contribution in [2.24, 2.45) is 17.2 Å². The molecule has 6 heterocycles. The number of carbonyl (C=O) groups excluding carboxylic acids is 16. The third kappa shape index (κ3) is 30.1. The summed E-state index contributed by atoms with van der Waals surface area (Å²) >= 11 is 0.810. The molecule has 8 rings (SSSR count). The molecule has 4 aliphatic heterocycles. The number of unbranched alkanes of at least 4 members (excludes halogenated alkanes) is 2. The molecular formula is C88H126N22O20S. The number of aliphatic hydroxyl groups excluding tert-OH is 1. The summed E-state index contributed by atoms with van der Waals surface area (Å²) in [4.78, 5) is 262. The SMILES string of the molecule is C=C1C=CC(C)NC=C1C[C@@H]1NC(=O)[C@@H]2C[C@@H](O)CN2C(=O)[C@H](CCC(=O)O)NC(=O)[C@H](Cc2cnc[nH]2)NC(=O)[C@@H]2CCCN2C(=O)[C@H](CC(N)=O)NC(=O)[C@H](C)N(C)C(=O)[C@H](Cc2ccc(O)cc2)NC(=O)CSC[C@@H](C(=O)NCC(N)=O)NC(=O)[C@H](C)NC(=O)[C@H](CCCC)N(C)C[C@H](CCCC)N(C)C(=O)[C@H](Cc2c[nH]c3ccccc23)NC(=O)[C@H](CCN)NC1=O. The summed E-state index contributed by atoms with van der Waals surface area (Å²) in [5.41, 5.74) is 20.1. The lowest BCUT2D eigenvalue weighted by Gasteiger charge is -2.37. The van der Waals surface area contributed by atoms with Crippen LogP contribution in [0.25, 0.3) is 10.9 Å². The Morgan fingerprint density at radius 2 is 1.25 bits per heavy atom. The van der Waals surface area contributed by atoms with E-state index < -0.39 is 236 Å². The number of hydrogen-bond donors (Lipinski definition) is 19. The molecule has 0 aliphatic carbocycles. The van der Waals surface area contributed by atoms with E-state index in [1.54, 1.807) is 49.6 Å². The van der Waals surface area contributed by atoms with Gasteiger partial charge in [-0.1, -0.05) is 88.6 Å². The predicted molar refractivity (Wildman–Crippen MR) is 482 cm³/mol. The number of carboxylic acid groups (broad SMARTS) is 1. The lowest BCUT2D eigenvalue weighted by atomic mass is 9.98. The van der Waals surface area contributed by atoms with Crippen molar-refractivity contribution in [2.75, 3.05) is 65.4 Å². The normalized spacial score (nSPS) is 26.4. The van der Waals surface area contributed by atoms with Gasteiger partial charge < -0.3 is 121 Å². The summed E-state index contributed by atoms with van der Waals surface area (Å²) in [6, 6.07) is -7.78. The average Bonchev–Trinajstić information content (AvgIpc) is 1.71. The number of allylic oxidation sites excluding steroid dienone is 2. The van der Waals surface area contributed by atoms with Crippen LogP contribution in [0.2, 0.25) is 0 Å². The molecule has 131 heavy (non-hydrogen) atoms. The highest BCUT2D eigenvalue weighted by molar-refractivity contribution is 8.00. The number of aromatic hydroxyl groups is 1. The van der Waals surface area contributed by atoms with E-state index in [1.165, 1.54) is 62.6 Å². The van der Waals surface area contributed by atoms with E-state index in [9.17, 15) is 68.1 Å². The number of phenolic OH excluding ortho intramolecular Hbond substituents is 1. The molecule has 4 aromatic rings. The number of aliphatic hydroxyl groups is 1. The molecule has 3 saturated heterocycles. The minimum Gasteiger partial charge on any atom is -0.508 e. The Bertz CT molecular complexity index is 4820. The number of nitrogens with two attached hydrogens (primary N) is 3. The molecule has 2 aromatic heterocycles. The van der Waals surface area contributed by atoms with Crippen LogP contribution in [0.3, 0.4) is 0 Å². The Labute approximate surface area is 763 Å². The standard InChI is InChI=1S/C88H126N22O20S/c1-10-12-17-56-43-106(7)69(20-13-11-2)82(124)97-50(5)76(118)105-68(78(120)95-42-73(91)114)45-131-46-74(115)98-65(33-52-24-26-57(111)27-25-52)85(127)107(8)51(6)77(119)103-67(38-72(90)113)88(130)109-32-16-21-70(109)83(125)102-64(36-55-41-92-47-96-55)81(123)100-62(28-29-75(116)117)87(129)110-44-58(112)37-71(110)84(126)101-63(34-53-39-93-49(4)23-22-48(53)3)80(122)99-61(30-31-89)79(121)104-66(86(128)108(56)9)35-54-40-94-60-19-15-14-18-59(54)60/h14-15,18-19,22-27,39-41,47,49-51,56,58,61-71,93-94,111-112H,3,10-13,16-17,20-21,28-38,42-46,89H2,1-2,4-9H3,(H2,90,113)(H2,91,114)(H,92,96)(H,95,120)(H,97,124)(H,98,115)(H,99,122)(H,100,123)(H,101,126)(H,102,125)(H,103,119)(H,104,121)(H,105,118)(H,116,117)/t49?,50-,51-,56-,58+,61-,62-,63-,64-,65-,66-,67-,68-,69-,70-,71-/m0/s1. The first-order chi connectivity index (χ1) is 62.3. The van der Waals surface area contributed by atoms with Crippen molar-refractivity contribution in [2.45, 2.75) is 241 Å². The Kier molecular flexibility index (Phi) is 39.4. The number of nitrogens with zero attached hydrogens (tertiary/aromatic N) is 6. The number of rotatable bonds is 24. The number of benzene rings is 2. The Morgan fingerprint density at radius 3 is 1.92 bits per heavy atom. The van der Waals surface area contributed by atoms with Gasteiger partial charge in [-0.25, -0.2) is 4.98 Å². The number of phenols is 1. The van der Waals surface area contributed by atoms with Gasteiger partial charge in [0.25, 0.3) is 0 Å². The fourth-order valence-electron chi connectivity index (χ4n) is 15.9. The number of nitrogens with one attached hydrogen (secondary N) is 13. The van der Waals surface area contributed by atoms with Crippen LogP contribution in [0, 0.1) is 0 Å². The minimum atomic E-state index is -1.82.